The van der Waals surface area contributed by atoms with Gasteiger partial charge >= 0.3 is 0 Å². The first kappa shape index (κ1) is 13.9. The molecule has 0 spiro atoms. The molecule has 102 valence electrons. The smallest absolute Gasteiger partial charge is 0.265 e. The van der Waals surface area contributed by atoms with Crippen molar-refractivity contribution in [3.63, 3.8) is 0 Å². The number of nitrogens with two attached hydrogens (primary N) is 1. The Balaban J connectivity index is 2.38. The number of para-hydroxylation sites is 1. The Kier molecular flexibility index (Phi) is 3.84. The van der Waals surface area contributed by atoms with E-state index in [1.165, 1.54) is 6.07 Å². The summed E-state index contributed by atoms with van der Waals surface area (Å²) in [6, 6.07) is 8.01. The van der Waals surface area contributed by atoms with Crippen LogP contribution in [0.25, 0.3) is 0 Å². The Morgan fingerprint density at radius 1 is 1.37 bits per heavy atom. The zero-order chi connectivity index (χ0) is 14.0. The van der Waals surface area contributed by atoms with Gasteiger partial charge in [-0.25, -0.2) is 8.42 Å². The lowest BCUT2D eigenvalue weighted by Gasteiger charge is -2.08. The maximum Gasteiger partial charge on any atom is 0.265 e. The molecule has 5 nitrogen and oxygen atoms in total. The van der Waals surface area contributed by atoms with E-state index in [9.17, 15) is 8.42 Å². The Bertz CT molecular complexity index is 695. The van der Waals surface area contributed by atoms with Crippen LogP contribution < -0.4 is 10.5 Å². The summed E-state index contributed by atoms with van der Waals surface area (Å²) in [7, 11) is -3.74. The van der Waals surface area contributed by atoms with Crippen LogP contribution in [-0.2, 0) is 16.6 Å². The zero-order valence-corrected chi connectivity index (χ0v) is 11.8. The lowest BCUT2D eigenvalue weighted by Crippen LogP contribution is -2.13. The summed E-state index contributed by atoms with van der Waals surface area (Å²) in [5.74, 6) is 0.706. The van der Waals surface area contributed by atoms with E-state index < -0.39 is 10.0 Å². The van der Waals surface area contributed by atoms with E-state index in [2.05, 4.69) is 4.72 Å². The summed E-state index contributed by atoms with van der Waals surface area (Å²) in [4.78, 5) is 0.0628. The zero-order valence-electron chi connectivity index (χ0n) is 10.2. The van der Waals surface area contributed by atoms with Gasteiger partial charge in [-0.1, -0.05) is 23.7 Å². The minimum absolute atomic E-state index is 0.0628. The van der Waals surface area contributed by atoms with Gasteiger partial charge in [-0.2, -0.15) is 0 Å². The molecule has 0 saturated heterocycles. The Morgan fingerprint density at radius 2 is 2.05 bits per heavy atom. The molecule has 7 heteroatoms. The number of anilines is 1. The fourth-order valence-corrected chi connectivity index (χ4v) is 3.16. The second-order valence-corrected chi connectivity index (χ2v) is 5.98. The van der Waals surface area contributed by atoms with Crippen molar-refractivity contribution in [2.24, 2.45) is 5.73 Å². The average Bonchev–Trinajstić information content (AvgIpc) is 2.74. The molecule has 0 aliphatic heterocycles. The van der Waals surface area contributed by atoms with Crippen molar-refractivity contribution in [3.05, 3.63) is 46.9 Å². The first-order valence-electron chi connectivity index (χ1n) is 5.51. The minimum atomic E-state index is -3.74. The third-order valence-corrected chi connectivity index (χ3v) is 4.33. The number of halogens is 1. The third-order valence-electron chi connectivity index (χ3n) is 2.53. The third kappa shape index (κ3) is 2.91. The number of sulfonamides is 1. The van der Waals surface area contributed by atoms with E-state index in [1.54, 1.807) is 31.2 Å². The largest absolute Gasteiger partial charge is 0.464 e. The van der Waals surface area contributed by atoms with E-state index in [1.807, 2.05) is 0 Å². The van der Waals surface area contributed by atoms with E-state index in [0.29, 0.717) is 22.2 Å². The van der Waals surface area contributed by atoms with Crippen LogP contribution in [0.5, 0.6) is 0 Å². The molecular weight excluding hydrogens is 288 g/mol. The van der Waals surface area contributed by atoms with Crippen LogP contribution in [0.3, 0.4) is 0 Å². The molecular formula is C12H13ClN2O3S. The van der Waals surface area contributed by atoms with Gasteiger partial charge < -0.3 is 10.2 Å². The van der Waals surface area contributed by atoms with Crippen LogP contribution in [0.4, 0.5) is 5.69 Å². The summed E-state index contributed by atoms with van der Waals surface area (Å²) in [6.45, 7) is 1.71. The van der Waals surface area contributed by atoms with E-state index in [-0.39, 0.29) is 11.4 Å². The monoisotopic (exact) mass is 300 g/mol. The molecule has 0 aliphatic rings. The highest BCUT2D eigenvalue weighted by atomic mass is 35.5. The quantitative estimate of drug-likeness (QED) is 0.908. The first-order valence-corrected chi connectivity index (χ1v) is 7.37. The lowest BCUT2D eigenvalue weighted by atomic mass is 10.3. The van der Waals surface area contributed by atoms with Crippen LogP contribution in [0.15, 0.2) is 39.6 Å². The Labute approximate surface area is 116 Å². The predicted molar refractivity (Wildman–Crippen MR) is 73.6 cm³/mol. The highest BCUT2D eigenvalue weighted by Crippen LogP contribution is 2.26. The van der Waals surface area contributed by atoms with Crippen LogP contribution in [0, 0.1) is 6.92 Å². The lowest BCUT2D eigenvalue weighted by molar-refractivity contribution is 0.479. The molecule has 2 rings (SSSR count). The van der Waals surface area contributed by atoms with Gasteiger partial charge in [-0.15, -0.1) is 0 Å². The molecule has 0 radical (unpaired) electrons. The molecule has 1 heterocycles. The van der Waals surface area contributed by atoms with Gasteiger partial charge in [0.2, 0.25) is 0 Å². The molecule has 1 aromatic heterocycles. The van der Waals surface area contributed by atoms with Crippen molar-refractivity contribution in [2.45, 2.75) is 18.4 Å². The topological polar surface area (TPSA) is 85.3 Å². The molecule has 0 aliphatic carbocycles. The molecule has 0 amide bonds. The SMILES string of the molecule is Cc1oc(CN)cc1S(=O)(=O)Nc1ccccc1Cl. The summed E-state index contributed by atoms with van der Waals surface area (Å²) < 4.78 is 32.1. The van der Waals surface area contributed by atoms with Crippen LogP contribution in [-0.4, -0.2) is 8.42 Å². The molecule has 2 aromatic rings. The number of hydrogen-bond donors (Lipinski definition) is 2. The second-order valence-electron chi connectivity index (χ2n) is 3.92. The first-order chi connectivity index (χ1) is 8.94. The molecule has 3 N–H and O–H groups in total. The number of rotatable bonds is 4. The van der Waals surface area contributed by atoms with E-state index >= 15 is 0 Å². The maximum atomic E-state index is 12.2. The van der Waals surface area contributed by atoms with E-state index in [0.717, 1.165) is 0 Å². The van der Waals surface area contributed by atoms with Gasteiger partial charge in [0, 0.05) is 6.07 Å². The average molecular weight is 301 g/mol. The van der Waals surface area contributed by atoms with Crippen molar-refractivity contribution in [2.75, 3.05) is 4.72 Å². The molecule has 1 aromatic carbocycles. The highest BCUT2D eigenvalue weighted by Gasteiger charge is 2.21. The number of furan rings is 1. The standard InChI is InChI=1S/C12H13ClN2O3S/c1-8-12(6-9(7-14)18-8)19(16,17)15-11-5-3-2-4-10(11)13/h2-6,15H,7,14H2,1H3. The van der Waals surface area contributed by atoms with Crippen LogP contribution >= 0.6 is 11.6 Å². The van der Waals surface area contributed by atoms with Gasteiger partial charge in [0.1, 0.15) is 16.4 Å². The van der Waals surface area contributed by atoms with Crippen molar-refractivity contribution in [1.82, 2.24) is 0 Å². The van der Waals surface area contributed by atoms with Gasteiger partial charge in [0.05, 0.1) is 17.3 Å². The number of aryl methyl sites for hydroxylation is 1. The highest BCUT2D eigenvalue weighted by molar-refractivity contribution is 7.92. The van der Waals surface area contributed by atoms with Crippen molar-refractivity contribution < 1.29 is 12.8 Å². The Hall–Kier alpha value is -1.50. The van der Waals surface area contributed by atoms with E-state index in [4.69, 9.17) is 21.8 Å². The minimum Gasteiger partial charge on any atom is -0.464 e. The van der Waals surface area contributed by atoms with Crippen molar-refractivity contribution in [1.29, 1.82) is 0 Å². The number of benzene rings is 1. The van der Waals surface area contributed by atoms with Gasteiger partial charge in [0.25, 0.3) is 10.0 Å². The predicted octanol–water partition coefficient (Wildman–Crippen LogP) is 2.50. The van der Waals surface area contributed by atoms with Crippen molar-refractivity contribution in [3.8, 4) is 0 Å². The van der Waals surface area contributed by atoms with Gasteiger partial charge in [0.15, 0.2) is 0 Å². The normalized spacial score (nSPS) is 11.5. The number of nitrogens with one attached hydrogen (secondary N) is 1. The fraction of sp³-hybridized carbons (Fsp3) is 0.167. The van der Waals surface area contributed by atoms with Crippen molar-refractivity contribution >= 4 is 27.3 Å². The fourth-order valence-electron chi connectivity index (χ4n) is 1.64. The molecule has 0 bridgehead atoms. The maximum absolute atomic E-state index is 12.2. The van der Waals surface area contributed by atoms with Gasteiger partial charge in [-0.3, -0.25) is 4.72 Å². The molecule has 0 unspecified atom stereocenters. The van der Waals surface area contributed by atoms with Crippen LogP contribution in [0.1, 0.15) is 11.5 Å². The molecule has 0 atom stereocenters. The van der Waals surface area contributed by atoms with Crippen LogP contribution in [0.2, 0.25) is 5.02 Å². The summed E-state index contributed by atoms with van der Waals surface area (Å²) in [5.41, 5.74) is 5.74. The van der Waals surface area contributed by atoms with Gasteiger partial charge in [-0.05, 0) is 19.1 Å². The Morgan fingerprint density at radius 3 is 2.63 bits per heavy atom. The molecule has 0 saturated carbocycles. The molecule has 0 fully saturated rings. The number of hydrogen-bond acceptors (Lipinski definition) is 4. The summed E-state index contributed by atoms with van der Waals surface area (Å²) in [6.07, 6.45) is 0. The summed E-state index contributed by atoms with van der Waals surface area (Å²) >= 11 is 5.92. The second kappa shape index (κ2) is 5.24. The summed E-state index contributed by atoms with van der Waals surface area (Å²) in [5, 5.41) is 0.325. The molecule has 19 heavy (non-hydrogen) atoms.